The number of hydrogen-bond donors (Lipinski definition) is 2. The number of alkyl halides is 3. The molecule has 1 spiro atoms. The van der Waals surface area contributed by atoms with E-state index in [4.69, 9.17) is 22.6 Å². The van der Waals surface area contributed by atoms with Gasteiger partial charge < -0.3 is 20.9 Å². The first-order valence-corrected chi connectivity index (χ1v) is 13.5. The van der Waals surface area contributed by atoms with Crippen molar-refractivity contribution in [3.63, 3.8) is 0 Å². The van der Waals surface area contributed by atoms with Crippen LogP contribution in [-0.4, -0.2) is 73.7 Å². The maximum Gasteiger partial charge on any atom is 0.435 e. The van der Waals surface area contributed by atoms with E-state index in [9.17, 15) is 22.8 Å². The van der Waals surface area contributed by atoms with Crippen molar-refractivity contribution >= 4 is 41.0 Å². The fourth-order valence-corrected chi connectivity index (χ4v) is 5.66. The number of amides is 2. The van der Waals surface area contributed by atoms with E-state index in [0.717, 1.165) is 10.9 Å². The van der Waals surface area contributed by atoms with Crippen LogP contribution in [0.2, 0.25) is 5.02 Å². The minimum atomic E-state index is -4.76. The first kappa shape index (κ1) is 29.9. The third-order valence-corrected chi connectivity index (χ3v) is 7.63. The van der Waals surface area contributed by atoms with E-state index < -0.39 is 11.9 Å². The highest BCUT2D eigenvalue weighted by Crippen LogP contribution is 2.41. The van der Waals surface area contributed by atoms with Gasteiger partial charge in [0.25, 0.3) is 5.91 Å². The summed E-state index contributed by atoms with van der Waals surface area (Å²) in [5, 5.41) is 15.8. The minimum absolute atomic E-state index is 0.0342. The number of nitrogens with zero attached hydrogens (tertiary/aromatic N) is 7. The Morgan fingerprint density at radius 2 is 1.95 bits per heavy atom. The monoisotopic (exact) mass is 613 g/mol. The molecule has 2 aliphatic rings. The van der Waals surface area contributed by atoms with Crippen molar-refractivity contribution in [3.8, 4) is 17.3 Å². The molecule has 0 unspecified atom stereocenters. The molecular formula is C28H27ClF3N9O2. The maximum atomic E-state index is 13.8. The number of allylic oxidation sites excluding steroid dienone is 1. The predicted octanol–water partition coefficient (Wildman–Crippen LogP) is 3.76. The van der Waals surface area contributed by atoms with Crippen molar-refractivity contribution in [1.29, 1.82) is 5.26 Å². The summed E-state index contributed by atoms with van der Waals surface area (Å²) < 4.78 is 43.7. The van der Waals surface area contributed by atoms with E-state index in [1.165, 1.54) is 17.0 Å². The smallest absolute Gasteiger partial charge is 0.353 e. The predicted molar refractivity (Wildman–Crippen MR) is 153 cm³/mol. The number of likely N-dealkylation sites (tertiary alicyclic amines) is 2. The second kappa shape index (κ2) is 11.2. The summed E-state index contributed by atoms with van der Waals surface area (Å²) in [7, 11) is 0. The van der Waals surface area contributed by atoms with Crippen LogP contribution in [0.4, 0.5) is 18.9 Å². The summed E-state index contributed by atoms with van der Waals surface area (Å²) in [6.45, 7) is 7.52. The molecule has 2 aliphatic heterocycles. The summed E-state index contributed by atoms with van der Waals surface area (Å²) in [6, 6.07) is 6.56. The second-order valence-electron chi connectivity index (χ2n) is 10.5. The van der Waals surface area contributed by atoms with E-state index in [0.29, 0.717) is 37.4 Å². The Kier molecular flexibility index (Phi) is 7.80. The average molecular weight is 614 g/mol. The average Bonchev–Trinajstić information content (AvgIpc) is 3.51. The normalized spacial score (nSPS) is 15.7. The van der Waals surface area contributed by atoms with Gasteiger partial charge in [0.2, 0.25) is 5.91 Å². The number of nitriles is 1. The SMILES string of the molecule is C=C(Nc1ccc(C(=O)N2CC3(CN(C(=O)CN)C3)C2)c(Cl)c1)c1ncc(-c2cn(CC#N)nc2C(F)(F)F)n1/C=C\C. The van der Waals surface area contributed by atoms with Gasteiger partial charge in [-0.25, -0.2) is 4.98 Å². The van der Waals surface area contributed by atoms with Crippen molar-refractivity contribution in [1.82, 2.24) is 29.1 Å². The Balaban J connectivity index is 1.31. The molecule has 2 amide bonds. The van der Waals surface area contributed by atoms with Crippen molar-refractivity contribution in [2.45, 2.75) is 19.6 Å². The zero-order valence-electron chi connectivity index (χ0n) is 23.0. The zero-order chi connectivity index (χ0) is 31.1. The van der Waals surface area contributed by atoms with Gasteiger partial charge in [-0.1, -0.05) is 24.3 Å². The van der Waals surface area contributed by atoms with Gasteiger partial charge in [0.1, 0.15) is 6.54 Å². The Morgan fingerprint density at radius 3 is 2.56 bits per heavy atom. The lowest BCUT2D eigenvalue weighted by molar-refractivity contribution is -0.153. The molecule has 2 fully saturated rings. The first-order valence-electron chi connectivity index (χ1n) is 13.1. The number of aromatic nitrogens is 4. The lowest BCUT2D eigenvalue weighted by atomic mass is 9.72. The van der Waals surface area contributed by atoms with Crippen LogP contribution in [0.25, 0.3) is 23.2 Å². The van der Waals surface area contributed by atoms with E-state index in [2.05, 4.69) is 22.0 Å². The van der Waals surface area contributed by atoms with Gasteiger partial charge in [-0.2, -0.15) is 23.5 Å². The molecule has 2 aromatic heterocycles. The molecule has 0 saturated carbocycles. The van der Waals surface area contributed by atoms with Crippen molar-refractivity contribution in [3.05, 3.63) is 65.4 Å². The van der Waals surface area contributed by atoms with Crippen molar-refractivity contribution < 1.29 is 22.8 Å². The molecule has 11 nitrogen and oxygen atoms in total. The third kappa shape index (κ3) is 5.61. The number of halogens is 4. The second-order valence-corrected chi connectivity index (χ2v) is 10.9. The molecule has 15 heteroatoms. The van der Waals surface area contributed by atoms with Crippen LogP contribution in [0.1, 0.15) is 28.8 Å². The molecule has 1 aromatic carbocycles. The van der Waals surface area contributed by atoms with E-state index in [1.54, 1.807) is 47.1 Å². The Bertz CT molecular complexity index is 1670. The Morgan fingerprint density at radius 1 is 1.26 bits per heavy atom. The number of anilines is 1. The molecule has 43 heavy (non-hydrogen) atoms. The summed E-state index contributed by atoms with van der Waals surface area (Å²) in [4.78, 5) is 32.5. The number of imidazole rings is 1. The van der Waals surface area contributed by atoms with Gasteiger partial charge in [-0.3, -0.25) is 18.8 Å². The number of carbonyl (C=O) groups is 2. The molecule has 224 valence electrons. The highest BCUT2D eigenvalue weighted by molar-refractivity contribution is 6.34. The molecule has 0 bridgehead atoms. The number of nitrogens with two attached hydrogens (primary N) is 1. The van der Waals surface area contributed by atoms with E-state index >= 15 is 0 Å². The van der Waals surface area contributed by atoms with E-state index in [-0.39, 0.29) is 58.1 Å². The fourth-order valence-electron chi connectivity index (χ4n) is 5.40. The lowest BCUT2D eigenvalue weighted by Gasteiger charge is -2.60. The van der Waals surface area contributed by atoms with Crippen LogP contribution < -0.4 is 11.1 Å². The topological polar surface area (TPSA) is 138 Å². The molecule has 2 saturated heterocycles. The first-order chi connectivity index (χ1) is 20.4. The van der Waals surface area contributed by atoms with Crippen molar-refractivity contribution in [2.75, 3.05) is 38.0 Å². The summed E-state index contributed by atoms with van der Waals surface area (Å²) in [6.07, 6.45) is 0.828. The maximum absolute atomic E-state index is 13.8. The van der Waals surface area contributed by atoms with Gasteiger partial charge in [0.15, 0.2) is 11.5 Å². The van der Waals surface area contributed by atoms with Crippen LogP contribution in [0.3, 0.4) is 0 Å². The number of hydrogen-bond acceptors (Lipinski definition) is 7. The number of carbonyl (C=O) groups excluding carboxylic acids is 2. The minimum Gasteiger partial charge on any atom is -0.353 e. The number of rotatable bonds is 8. The van der Waals surface area contributed by atoms with Crippen LogP contribution in [0, 0.1) is 16.7 Å². The third-order valence-electron chi connectivity index (χ3n) is 7.32. The highest BCUT2D eigenvalue weighted by Gasteiger charge is 2.54. The largest absolute Gasteiger partial charge is 0.435 e. The highest BCUT2D eigenvalue weighted by atomic mass is 35.5. The number of benzene rings is 1. The fraction of sp³-hybridized carbons (Fsp3) is 0.321. The molecule has 0 radical (unpaired) electrons. The molecule has 0 aliphatic carbocycles. The molecule has 4 heterocycles. The van der Waals surface area contributed by atoms with Gasteiger partial charge in [0.05, 0.1) is 46.4 Å². The zero-order valence-corrected chi connectivity index (χ0v) is 23.8. The van der Waals surface area contributed by atoms with Crippen LogP contribution >= 0.6 is 11.6 Å². The standard InChI is InChI=1S/C28H27ClF3N9O2/c1-3-7-41-22(20-12-40(8-6-33)37-24(20)28(30,31)32)11-35-25(41)17(2)36-18-4-5-19(21(29)9-18)26(43)39-15-27(16-39)13-38(14-27)23(42)10-34/h3-5,7,9,11-12,36H,2,8,10,13-16,34H2,1H3/b7-3-. The van der Waals surface area contributed by atoms with Crippen molar-refractivity contribution in [2.24, 2.45) is 11.1 Å². The van der Waals surface area contributed by atoms with Crippen LogP contribution in [0.5, 0.6) is 0 Å². The molecule has 3 aromatic rings. The van der Waals surface area contributed by atoms with E-state index in [1.807, 2.05) is 0 Å². The Labute approximate surface area is 249 Å². The molecule has 0 atom stereocenters. The Hall–Kier alpha value is -4.61. The number of nitrogens with one attached hydrogen (secondary N) is 1. The summed E-state index contributed by atoms with van der Waals surface area (Å²) in [5.41, 5.74) is 5.09. The summed E-state index contributed by atoms with van der Waals surface area (Å²) in [5.74, 6) is -0.111. The van der Waals surface area contributed by atoms with Crippen LogP contribution in [0.15, 0.2) is 43.2 Å². The van der Waals surface area contributed by atoms with Gasteiger partial charge >= 0.3 is 6.18 Å². The lowest BCUT2D eigenvalue weighted by Crippen LogP contribution is -2.74. The molecular weight excluding hydrogens is 587 g/mol. The summed E-state index contributed by atoms with van der Waals surface area (Å²) >= 11 is 6.48. The van der Waals surface area contributed by atoms with Gasteiger partial charge in [-0.05, 0) is 25.1 Å². The van der Waals surface area contributed by atoms with Crippen LogP contribution in [-0.2, 0) is 17.5 Å². The molecule has 5 rings (SSSR count). The van der Waals surface area contributed by atoms with Gasteiger partial charge in [0, 0.05) is 49.7 Å². The molecule has 3 N–H and O–H groups in total. The quantitative estimate of drug-likeness (QED) is 0.394. The van der Waals surface area contributed by atoms with Gasteiger partial charge in [-0.15, -0.1) is 0 Å².